The quantitative estimate of drug-likeness (QED) is 0.838. The van der Waals surface area contributed by atoms with Crippen LogP contribution in [-0.4, -0.2) is 31.9 Å². The predicted octanol–water partition coefficient (Wildman–Crippen LogP) is 0.272. The zero-order chi connectivity index (χ0) is 12.6. The van der Waals surface area contributed by atoms with E-state index in [0.29, 0.717) is 12.2 Å². The Balaban J connectivity index is 2.19. The number of carbonyl (C=O) groups is 1. The Labute approximate surface area is 107 Å². The molecule has 0 bridgehead atoms. The number of sulfonamides is 1. The lowest BCUT2D eigenvalue weighted by molar-refractivity contribution is -0.119. The van der Waals surface area contributed by atoms with Gasteiger partial charge >= 0.3 is 0 Å². The highest BCUT2D eigenvalue weighted by molar-refractivity contribution is 7.91. The first-order chi connectivity index (χ1) is 7.88. The molecule has 1 saturated heterocycles. The lowest BCUT2D eigenvalue weighted by Gasteiger charge is -2.09. The van der Waals surface area contributed by atoms with E-state index in [1.54, 1.807) is 6.92 Å². The van der Waals surface area contributed by atoms with Crippen molar-refractivity contribution in [3.8, 4) is 0 Å². The molecular weight excluding hydrogens is 286 g/mol. The summed E-state index contributed by atoms with van der Waals surface area (Å²) in [6.07, 6.45) is 0.158. The molecule has 0 aliphatic carbocycles. The van der Waals surface area contributed by atoms with Gasteiger partial charge in [0.25, 0.3) is 10.0 Å². The maximum Gasteiger partial charge on any atom is 0.252 e. The van der Waals surface area contributed by atoms with Crippen molar-refractivity contribution in [3.63, 3.8) is 0 Å². The van der Waals surface area contributed by atoms with Crippen LogP contribution in [0.25, 0.3) is 0 Å². The summed E-state index contributed by atoms with van der Waals surface area (Å²) in [7, 11) is -3.65. The standard InChI is InChI=1S/C8H10ClN3O3S2/c1-4-7(16-8(9)11-4)17(14,15)12-5-2-6(13)10-3-5/h5,12H,2-3H2,1H3,(H,10,13). The fourth-order valence-electron chi connectivity index (χ4n) is 1.56. The van der Waals surface area contributed by atoms with Gasteiger partial charge in [-0.1, -0.05) is 22.9 Å². The molecule has 1 aliphatic heterocycles. The summed E-state index contributed by atoms with van der Waals surface area (Å²) < 4.78 is 26.7. The molecule has 1 atom stereocenters. The highest BCUT2D eigenvalue weighted by Crippen LogP contribution is 2.26. The van der Waals surface area contributed by atoms with E-state index in [1.165, 1.54) is 0 Å². The van der Waals surface area contributed by atoms with Gasteiger partial charge in [-0.15, -0.1) is 0 Å². The van der Waals surface area contributed by atoms with Crippen LogP contribution in [0.15, 0.2) is 4.21 Å². The highest BCUT2D eigenvalue weighted by atomic mass is 35.5. The van der Waals surface area contributed by atoms with Crippen LogP contribution in [0.5, 0.6) is 0 Å². The lowest BCUT2D eigenvalue weighted by Crippen LogP contribution is -2.36. The van der Waals surface area contributed by atoms with Gasteiger partial charge in [-0.2, -0.15) is 0 Å². The number of rotatable bonds is 3. The van der Waals surface area contributed by atoms with E-state index < -0.39 is 16.1 Å². The van der Waals surface area contributed by atoms with Crippen LogP contribution in [0, 0.1) is 6.92 Å². The number of carbonyl (C=O) groups excluding carboxylic acids is 1. The maximum absolute atomic E-state index is 12.0. The number of hydrogen-bond acceptors (Lipinski definition) is 5. The van der Waals surface area contributed by atoms with E-state index >= 15 is 0 Å². The number of halogens is 1. The maximum atomic E-state index is 12.0. The van der Waals surface area contributed by atoms with Crippen LogP contribution >= 0.6 is 22.9 Å². The number of thiazole rings is 1. The molecule has 2 heterocycles. The lowest BCUT2D eigenvalue weighted by atomic mass is 10.3. The molecule has 94 valence electrons. The van der Waals surface area contributed by atoms with Gasteiger partial charge in [0.15, 0.2) is 8.68 Å². The van der Waals surface area contributed by atoms with Crippen molar-refractivity contribution >= 4 is 38.9 Å². The van der Waals surface area contributed by atoms with Gasteiger partial charge < -0.3 is 5.32 Å². The summed E-state index contributed by atoms with van der Waals surface area (Å²) in [5.41, 5.74) is 0.366. The second-order valence-corrected chi connectivity index (χ2v) is 7.16. The van der Waals surface area contributed by atoms with Crippen LogP contribution < -0.4 is 10.0 Å². The molecule has 2 rings (SSSR count). The fraction of sp³-hybridized carbons (Fsp3) is 0.500. The summed E-state index contributed by atoms with van der Waals surface area (Å²) in [4.78, 5) is 14.8. The minimum atomic E-state index is -3.65. The average Bonchev–Trinajstić information content (AvgIpc) is 2.72. The first-order valence-corrected chi connectivity index (χ1v) is 7.48. The van der Waals surface area contributed by atoms with Crippen molar-refractivity contribution in [3.05, 3.63) is 10.2 Å². The van der Waals surface area contributed by atoms with Gasteiger partial charge in [0.2, 0.25) is 5.91 Å². The van der Waals surface area contributed by atoms with Crippen LogP contribution in [0.1, 0.15) is 12.1 Å². The second-order valence-electron chi connectivity index (χ2n) is 3.67. The first-order valence-electron chi connectivity index (χ1n) is 4.80. The van der Waals surface area contributed by atoms with Gasteiger partial charge in [0.1, 0.15) is 0 Å². The van der Waals surface area contributed by atoms with Crippen molar-refractivity contribution in [1.29, 1.82) is 0 Å². The number of nitrogens with one attached hydrogen (secondary N) is 2. The van der Waals surface area contributed by atoms with Crippen LogP contribution in [0.3, 0.4) is 0 Å². The molecule has 6 nitrogen and oxygen atoms in total. The zero-order valence-corrected chi connectivity index (χ0v) is 11.2. The number of aromatic nitrogens is 1. The van der Waals surface area contributed by atoms with E-state index in [0.717, 1.165) is 11.3 Å². The average molecular weight is 296 g/mol. The summed E-state index contributed by atoms with van der Waals surface area (Å²) in [6, 6.07) is -0.409. The molecule has 1 fully saturated rings. The third-order valence-corrected chi connectivity index (χ3v) is 5.66. The molecule has 1 aromatic rings. The first kappa shape index (κ1) is 12.7. The monoisotopic (exact) mass is 295 g/mol. The minimum absolute atomic E-state index is 0.0989. The Morgan fingerprint density at radius 3 is 2.76 bits per heavy atom. The van der Waals surface area contributed by atoms with Crippen molar-refractivity contribution < 1.29 is 13.2 Å². The van der Waals surface area contributed by atoms with E-state index in [1.807, 2.05) is 0 Å². The van der Waals surface area contributed by atoms with E-state index in [2.05, 4.69) is 15.0 Å². The van der Waals surface area contributed by atoms with Crippen molar-refractivity contribution in [1.82, 2.24) is 15.0 Å². The number of aryl methyl sites for hydroxylation is 1. The van der Waals surface area contributed by atoms with E-state index in [4.69, 9.17) is 11.6 Å². The third kappa shape index (κ3) is 2.76. The zero-order valence-electron chi connectivity index (χ0n) is 8.86. The normalized spacial score (nSPS) is 20.6. The molecule has 0 aromatic carbocycles. The third-order valence-electron chi connectivity index (χ3n) is 2.27. The van der Waals surface area contributed by atoms with Gasteiger partial charge in [-0.3, -0.25) is 4.79 Å². The Kier molecular flexibility index (Phi) is 3.39. The van der Waals surface area contributed by atoms with Gasteiger partial charge in [-0.05, 0) is 6.92 Å². The summed E-state index contributed by atoms with van der Waals surface area (Å²) >= 11 is 6.56. The number of hydrogen-bond donors (Lipinski definition) is 2. The minimum Gasteiger partial charge on any atom is -0.354 e. The van der Waals surface area contributed by atoms with Gasteiger partial charge in [-0.25, -0.2) is 18.1 Å². The number of amides is 1. The summed E-state index contributed by atoms with van der Waals surface area (Å²) in [5.74, 6) is -0.156. The van der Waals surface area contributed by atoms with Crippen molar-refractivity contribution in [2.75, 3.05) is 6.54 Å². The molecule has 0 saturated carbocycles. The molecule has 1 unspecified atom stereocenters. The fourth-order valence-corrected chi connectivity index (χ4v) is 4.55. The summed E-state index contributed by atoms with van der Waals surface area (Å²) in [6.45, 7) is 1.89. The SMILES string of the molecule is Cc1nc(Cl)sc1S(=O)(=O)NC1CNC(=O)C1. The van der Waals surface area contributed by atoms with Crippen molar-refractivity contribution in [2.24, 2.45) is 0 Å². The molecule has 17 heavy (non-hydrogen) atoms. The van der Waals surface area contributed by atoms with Gasteiger partial charge in [0, 0.05) is 19.0 Å². The number of nitrogens with zero attached hydrogens (tertiary/aromatic N) is 1. The molecule has 1 aromatic heterocycles. The van der Waals surface area contributed by atoms with Crippen molar-refractivity contribution in [2.45, 2.75) is 23.6 Å². The smallest absolute Gasteiger partial charge is 0.252 e. The van der Waals surface area contributed by atoms with Crippen LogP contribution in [-0.2, 0) is 14.8 Å². The molecule has 0 spiro atoms. The molecule has 2 N–H and O–H groups in total. The molecule has 9 heteroatoms. The van der Waals surface area contributed by atoms with Crippen LogP contribution in [0.2, 0.25) is 4.47 Å². The largest absolute Gasteiger partial charge is 0.354 e. The Morgan fingerprint density at radius 2 is 2.29 bits per heavy atom. The van der Waals surface area contributed by atoms with E-state index in [-0.39, 0.29) is 21.0 Å². The predicted molar refractivity (Wildman–Crippen MR) is 63.6 cm³/mol. The topological polar surface area (TPSA) is 88.2 Å². The Hall–Kier alpha value is -0.700. The molecule has 0 radical (unpaired) electrons. The Morgan fingerprint density at radius 1 is 1.59 bits per heavy atom. The second kappa shape index (κ2) is 4.52. The van der Waals surface area contributed by atoms with E-state index in [9.17, 15) is 13.2 Å². The van der Waals surface area contributed by atoms with Crippen LogP contribution in [0.4, 0.5) is 0 Å². The molecule has 1 amide bonds. The summed E-state index contributed by atoms with van der Waals surface area (Å²) in [5, 5.41) is 2.56. The highest BCUT2D eigenvalue weighted by Gasteiger charge is 2.29. The van der Waals surface area contributed by atoms with Gasteiger partial charge in [0.05, 0.1) is 5.69 Å². The molecular formula is C8H10ClN3O3S2. The Bertz CT molecular complexity index is 554. The molecule has 1 aliphatic rings.